The molecule has 0 saturated heterocycles. The summed E-state index contributed by atoms with van der Waals surface area (Å²) in [6, 6.07) is 6.33. The number of hydrogen-bond donors (Lipinski definition) is 0. The van der Waals surface area contributed by atoms with Crippen LogP contribution in [-0.4, -0.2) is 10.3 Å². The minimum absolute atomic E-state index is 1.01. The van der Waals surface area contributed by atoms with E-state index in [4.69, 9.17) is 0 Å². The van der Waals surface area contributed by atoms with Crippen molar-refractivity contribution in [2.24, 2.45) is 0 Å². The Morgan fingerprint density at radius 3 is 3.13 bits per heavy atom. The van der Waals surface area contributed by atoms with Crippen LogP contribution in [0.3, 0.4) is 0 Å². The van der Waals surface area contributed by atoms with Crippen molar-refractivity contribution in [3.63, 3.8) is 0 Å². The summed E-state index contributed by atoms with van der Waals surface area (Å²) in [6.07, 6.45) is 13.2. The predicted octanol–water partition coefficient (Wildman–Crippen LogP) is 1.72. The van der Waals surface area contributed by atoms with Gasteiger partial charge < -0.3 is 0 Å². The van der Waals surface area contributed by atoms with Crippen LogP contribution in [0.15, 0.2) is 42.9 Å². The highest BCUT2D eigenvalue weighted by molar-refractivity contribution is 5.79. The van der Waals surface area contributed by atoms with Gasteiger partial charge in [0.25, 0.3) is 0 Å². The Morgan fingerprint density at radius 2 is 2.13 bits per heavy atom. The lowest BCUT2D eigenvalue weighted by atomic mass is 10.1. The highest BCUT2D eigenvalue weighted by atomic mass is 15.1. The van der Waals surface area contributed by atoms with E-state index in [9.17, 15) is 0 Å². The van der Waals surface area contributed by atoms with Gasteiger partial charge in [0.2, 0.25) is 18.0 Å². The Labute approximate surface area is 89.5 Å². The minimum atomic E-state index is 1.01. The van der Waals surface area contributed by atoms with Crippen molar-refractivity contribution in [3.8, 4) is 0 Å². The number of hydrogen-bond acceptors (Lipinski definition) is 0. The molecule has 0 amide bonds. The summed E-state index contributed by atoms with van der Waals surface area (Å²) in [7, 11) is 0. The van der Waals surface area contributed by atoms with Crippen LogP contribution in [0.1, 0.15) is 18.5 Å². The van der Waals surface area contributed by atoms with Gasteiger partial charge in [0.15, 0.2) is 18.6 Å². The third-order valence-corrected chi connectivity index (χ3v) is 2.97. The summed E-state index contributed by atoms with van der Waals surface area (Å²) < 4.78 is 4.54. The lowest BCUT2D eigenvalue weighted by molar-refractivity contribution is -0.686. The van der Waals surface area contributed by atoms with E-state index >= 15 is 0 Å². The van der Waals surface area contributed by atoms with Crippen LogP contribution in [0.2, 0.25) is 0 Å². The standard InChI is InChI=1S/C13H14N2/c1-4-9-15-11-13-6-2-3-8-14(13)10-7-12(15)5-1/h1,3-5,7-10H,2,6,11H2/q+2. The number of fused-ring (bicyclic) bond motifs is 1. The molecule has 3 heterocycles. The van der Waals surface area contributed by atoms with E-state index in [0.29, 0.717) is 0 Å². The quantitative estimate of drug-likeness (QED) is 0.560. The van der Waals surface area contributed by atoms with Gasteiger partial charge in [-0.15, -0.1) is 0 Å². The third kappa shape index (κ3) is 1.52. The Kier molecular flexibility index (Phi) is 1.98. The summed E-state index contributed by atoms with van der Waals surface area (Å²) in [5.41, 5.74) is 2.75. The highest BCUT2D eigenvalue weighted by Gasteiger charge is 2.23. The molecule has 15 heavy (non-hydrogen) atoms. The van der Waals surface area contributed by atoms with Crippen molar-refractivity contribution in [1.82, 2.24) is 0 Å². The molecule has 0 aromatic carbocycles. The van der Waals surface area contributed by atoms with Crippen LogP contribution in [-0.2, 0) is 6.54 Å². The second kappa shape index (κ2) is 3.46. The lowest BCUT2D eigenvalue weighted by Crippen LogP contribution is -2.41. The Bertz CT molecular complexity index is 481. The molecule has 0 spiro atoms. The predicted molar refractivity (Wildman–Crippen MR) is 59.3 cm³/mol. The molecule has 1 aromatic heterocycles. The molecular formula is C13H14N2+2. The second-order valence-electron chi connectivity index (χ2n) is 3.97. The second-order valence-corrected chi connectivity index (χ2v) is 3.97. The molecule has 0 N–H and O–H groups in total. The van der Waals surface area contributed by atoms with Crippen LogP contribution in [0.4, 0.5) is 0 Å². The Hall–Kier alpha value is -1.70. The van der Waals surface area contributed by atoms with Crippen molar-refractivity contribution >= 4 is 11.8 Å². The first kappa shape index (κ1) is 8.60. The zero-order chi connectivity index (χ0) is 10.1. The summed E-state index contributed by atoms with van der Waals surface area (Å²) in [6.45, 7) is 1.01. The maximum atomic E-state index is 2.30. The summed E-state index contributed by atoms with van der Waals surface area (Å²) >= 11 is 0. The molecule has 0 saturated carbocycles. The van der Waals surface area contributed by atoms with Gasteiger partial charge in [-0.3, -0.25) is 0 Å². The fourth-order valence-electron chi connectivity index (χ4n) is 2.13. The van der Waals surface area contributed by atoms with Gasteiger partial charge in [0.05, 0.1) is 6.08 Å². The van der Waals surface area contributed by atoms with Crippen LogP contribution in [0.5, 0.6) is 0 Å². The average molecular weight is 198 g/mol. The van der Waals surface area contributed by atoms with Gasteiger partial charge in [-0.1, -0.05) is 0 Å². The van der Waals surface area contributed by atoms with Crippen molar-refractivity contribution in [1.29, 1.82) is 0 Å². The van der Waals surface area contributed by atoms with Crippen molar-refractivity contribution in [2.75, 3.05) is 0 Å². The van der Waals surface area contributed by atoms with Crippen molar-refractivity contribution in [2.45, 2.75) is 19.4 Å². The molecule has 2 aliphatic heterocycles. The van der Waals surface area contributed by atoms with Crippen LogP contribution < -0.4 is 4.57 Å². The van der Waals surface area contributed by atoms with Crippen LogP contribution >= 0.6 is 0 Å². The number of nitrogens with zero attached hydrogens (tertiary/aromatic N) is 2. The van der Waals surface area contributed by atoms with Gasteiger partial charge in [0, 0.05) is 18.6 Å². The van der Waals surface area contributed by atoms with Gasteiger partial charge in [-0.2, -0.15) is 9.14 Å². The van der Waals surface area contributed by atoms with Crippen molar-refractivity contribution < 1.29 is 9.14 Å². The Morgan fingerprint density at radius 1 is 1.13 bits per heavy atom. The van der Waals surface area contributed by atoms with Gasteiger partial charge >= 0.3 is 0 Å². The zero-order valence-corrected chi connectivity index (χ0v) is 8.63. The largest absolute Gasteiger partial charge is 0.229 e. The van der Waals surface area contributed by atoms with Crippen LogP contribution in [0.25, 0.3) is 6.08 Å². The van der Waals surface area contributed by atoms with Gasteiger partial charge in [-0.25, -0.2) is 0 Å². The monoisotopic (exact) mass is 198 g/mol. The van der Waals surface area contributed by atoms with E-state index in [1.807, 2.05) is 0 Å². The molecule has 0 atom stereocenters. The summed E-state index contributed by atoms with van der Waals surface area (Å²) in [5, 5.41) is 0. The molecule has 0 aliphatic carbocycles. The maximum absolute atomic E-state index is 2.30. The molecular weight excluding hydrogens is 184 g/mol. The molecule has 2 aliphatic rings. The fraction of sp³-hybridized carbons (Fsp3) is 0.231. The highest BCUT2D eigenvalue weighted by Crippen LogP contribution is 2.08. The third-order valence-electron chi connectivity index (χ3n) is 2.97. The van der Waals surface area contributed by atoms with E-state index in [1.54, 1.807) is 0 Å². The van der Waals surface area contributed by atoms with E-state index in [0.717, 1.165) is 6.54 Å². The van der Waals surface area contributed by atoms with E-state index < -0.39 is 0 Å². The molecule has 74 valence electrons. The molecule has 1 aromatic rings. The topological polar surface area (TPSA) is 6.89 Å². The zero-order valence-electron chi connectivity index (χ0n) is 8.63. The number of allylic oxidation sites excluding steroid dienone is 1. The molecule has 0 fully saturated rings. The van der Waals surface area contributed by atoms with Crippen LogP contribution in [0, 0.1) is 0 Å². The molecule has 2 nitrogen and oxygen atoms in total. The van der Waals surface area contributed by atoms with E-state index in [2.05, 4.69) is 58.1 Å². The molecule has 2 heteroatoms. The van der Waals surface area contributed by atoms with E-state index in [-0.39, 0.29) is 0 Å². The maximum Gasteiger partial charge on any atom is 0.229 e. The fourth-order valence-corrected chi connectivity index (χ4v) is 2.13. The molecule has 0 bridgehead atoms. The van der Waals surface area contributed by atoms with Gasteiger partial charge in [0.1, 0.15) is 0 Å². The lowest BCUT2D eigenvalue weighted by Gasteiger charge is -2.02. The summed E-state index contributed by atoms with van der Waals surface area (Å²) in [5.74, 6) is 0. The minimum Gasteiger partial charge on any atom is -0.188 e. The number of aromatic nitrogens is 1. The number of rotatable bonds is 0. The normalized spacial score (nSPS) is 18.4. The molecule has 0 unspecified atom stereocenters. The Balaban J connectivity index is 2.09. The van der Waals surface area contributed by atoms with E-state index in [1.165, 1.54) is 24.2 Å². The van der Waals surface area contributed by atoms with Crippen molar-refractivity contribution in [3.05, 3.63) is 48.6 Å². The molecule has 3 rings (SSSR count). The molecule has 0 radical (unpaired) electrons. The first-order valence-electron chi connectivity index (χ1n) is 5.40. The smallest absolute Gasteiger partial charge is 0.188 e. The SMILES string of the molecule is C1=C[N+]2=C(CC1)C[n+]1ccccc1C=C2. The summed E-state index contributed by atoms with van der Waals surface area (Å²) in [4.78, 5) is 0. The first-order valence-corrected chi connectivity index (χ1v) is 5.40. The first-order chi connectivity index (χ1) is 7.43. The van der Waals surface area contributed by atoms with Gasteiger partial charge in [-0.05, 0) is 18.6 Å². The number of pyridine rings is 1. The average Bonchev–Trinajstić information content (AvgIpc) is 2.48.